The van der Waals surface area contributed by atoms with Crippen molar-refractivity contribution in [2.45, 2.75) is 52.2 Å². The van der Waals surface area contributed by atoms with E-state index in [0.29, 0.717) is 0 Å². The lowest BCUT2D eigenvalue weighted by Gasteiger charge is -2.45. The maximum atomic E-state index is 9.81. The van der Waals surface area contributed by atoms with Crippen molar-refractivity contribution < 1.29 is 5.21 Å². The molecule has 1 rings (SSSR count). The third kappa shape index (κ3) is 1.52. The van der Waals surface area contributed by atoms with Gasteiger partial charge in [-0.2, -0.15) is 5.06 Å². The molecule has 0 bridgehead atoms. The Kier molecular flexibility index (Phi) is 2.05. The van der Waals surface area contributed by atoms with Gasteiger partial charge >= 0.3 is 0 Å². The number of hydroxylamine groups is 2. The average Bonchev–Trinajstić information content (AvgIpc) is 1.80. The molecule has 0 saturated carbocycles. The Labute approximate surface area is 74.1 Å². The van der Waals surface area contributed by atoms with E-state index in [1.54, 1.807) is 0 Å². The normalized spacial score (nSPS) is 28.3. The van der Waals surface area contributed by atoms with E-state index in [0.717, 1.165) is 12.1 Å². The second kappa shape index (κ2) is 2.54. The fraction of sp³-hybridized carbons (Fsp3) is 0.889. The van der Waals surface area contributed by atoms with Crippen LogP contribution in [0.3, 0.4) is 0 Å². The lowest BCUT2D eigenvalue weighted by atomic mass is 9.92. The molecule has 0 unspecified atom stereocenters. The third-order valence-electron chi connectivity index (χ3n) is 2.24. The van der Waals surface area contributed by atoms with Crippen LogP contribution in [0, 0.1) is 0 Å². The van der Waals surface area contributed by atoms with Crippen LogP contribution in [-0.2, 0) is 0 Å². The van der Waals surface area contributed by atoms with Crippen molar-refractivity contribution in [1.29, 1.82) is 0 Å². The van der Waals surface area contributed by atoms with Gasteiger partial charge in [0, 0.05) is 17.7 Å². The van der Waals surface area contributed by atoms with E-state index in [9.17, 15) is 5.21 Å². The molecule has 0 spiro atoms. The fourth-order valence-electron chi connectivity index (χ4n) is 2.00. The largest absolute Gasteiger partial charge is 0.311 e. The summed E-state index contributed by atoms with van der Waals surface area (Å²) in [4.78, 5) is 4.38. The summed E-state index contributed by atoms with van der Waals surface area (Å²) >= 11 is 0. The van der Waals surface area contributed by atoms with Crippen LogP contribution in [0.2, 0.25) is 0 Å². The second-order valence-electron chi connectivity index (χ2n) is 4.64. The minimum absolute atomic E-state index is 0.199. The van der Waals surface area contributed by atoms with Crippen LogP contribution in [0.15, 0.2) is 4.99 Å². The highest BCUT2D eigenvalue weighted by Gasteiger charge is 2.40. The minimum atomic E-state index is -0.480. The summed E-state index contributed by atoms with van der Waals surface area (Å²) in [5.41, 5.74) is 0.427. The van der Waals surface area contributed by atoms with Crippen LogP contribution in [-0.4, -0.2) is 27.2 Å². The van der Waals surface area contributed by atoms with E-state index in [-0.39, 0.29) is 5.54 Å². The Hall–Kier alpha value is -0.410. The van der Waals surface area contributed by atoms with Gasteiger partial charge in [0.1, 0.15) is 5.66 Å². The summed E-state index contributed by atoms with van der Waals surface area (Å²) < 4.78 is 0. The molecule has 0 radical (unpaired) electrons. The minimum Gasteiger partial charge on any atom is -0.311 e. The van der Waals surface area contributed by atoms with Gasteiger partial charge in [0.05, 0.1) is 0 Å². The molecule has 1 N–H and O–H groups in total. The van der Waals surface area contributed by atoms with Crippen molar-refractivity contribution in [3.05, 3.63) is 0 Å². The zero-order chi connectivity index (χ0) is 9.57. The second-order valence-corrected chi connectivity index (χ2v) is 4.64. The maximum Gasteiger partial charge on any atom is 0.130 e. The molecule has 12 heavy (non-hydrogen) atoms. The van der Waals surface area contributed by atoms with Gasteiger partial charge in [-0.3, -0.25) is 4.99 Å². The number of hydrogen-bond acceptors (Lipinski definition) is 3. The first-order valence-corrected chi connectivity index (χ1v) is 4.30. The standard InChI is InChI=1S/C9H18N2O/c1-7-6-8(2,3)11(12)9(4,5)10-7/h12H,6H2,1-5H3. The molecule has 3 heteroatoms. The first kappa shape index (κ1) is 9.68. The lowest BCUT2D eigenvalue weighted by molar-refractivity contribution is -0.223. The molecule has 1 heterocycles. The molecular formula is C9H18N2O. The Morgan fingerprint density at radius 3 is 2.25 bits per heavy atom. The van der Waals surface area contributed by atoms with Crippen molar-refractivity contribution in [1.82, 2.24) is 5.06 Å². The van der Waals surface area contributed by atoms with Crippen LogP contribution in [0.4, 0.5) is 0 Å². The van der Waals surface area contributed by atoms with Gasteiger partial charge in [0.15, 0.2) is 0 Å². The van der Waals surface area contributed by atoms with E-state index in [1.165, 1.54) is 5.06 Å². The molecule has 0 fully saturated rings. The summed E-state index contributed by atoms with van der Waals surface area (Å²) in [7, 11) is 0. The highest BCUT2D eigenvalue weighted by molar-refractivity contribution is 5.84. The molecule has 3 nitrogen and oxygen atoms in total. The molecule has 0 amide bonds. The van der Waals surface area contributed by atoms with E-state index in [4.69, 9.17) is 0 Å². The predicted octanol–water partition coefficient (Wildman–Crippen LogP) is 2.06. The Bertz CT molecular complexity index is 219. The summed E-state index contributed by atoms with van der Waals surface area (Å²) in [6, 6.07) is 0. The van der Waals surface area contributed by atoms with Crippen molar-refractivity contribution >= 4 is 5.71 Å². The van der Waals surface area contributed by atoms with Crippen molar-refractivity contribution in [2.75, 3.05) is 0 Å². The van der Waals surface area contributed by atoms with Crippen molar-refractivity contribution in [3.63, 3.8) is 0 Å². The van der Waals surface area contributed by atoms with E-state index in [2.05, 4.69) is 4.99 Å². The molecule has 1 aliphatic rings. The van der Waals surface area contributed by atoms with E-state index >= 15 is 0 Å². The van der Waals surface area contributed by atoms with E-state index in [1.807, 2.05) is 34.6 Å². The number of aliphatic imine (C=N–C) groups is 1. The van der Waals surface area contributed by atoms with Crippen LogP contribution < -0.4 is 0 Å². The third-order valence-corrected chi connectivity index (χ3v) is 2.24. The molecule has 70 valence electrons. The number of hydrogen-bond donors (Lipinski definition) is 1. The molecule has 0 aliphatic carbocycles. The highest BCUT2D eigenvalue weighted by atomic mass is 16.5. The first-order valence-electron chi connectivity index (χ1n) is 4.30. The lowest BCUT2D eigenvalue weighted by Crippen LogP contribution is -2.56. The predicted molar refractivity (Wildman–Crippen MR) is 49.5 cm³/mol. The topological polar surface area (TPSA) is 35.8 Å². The smallest absolute Gasteiger partial charge is 0.130 e. The van der Waals surface area contributed by atoms with Gasteiger partial charge in [0.25, 0.3) is 0 Å². The summed E-state index contributed by atoms with van der Waals surface area (Å²) in [6.45, 7) is 9.88. The molecule has 0 atom stereocenters. The fourth-order valence-corrected chi connectivity index (χ4v) is 2.00. The zero-order valence-electron chi connectivity index (χ0n) is 8.55. The SMILES string of the molecule is CC1=NC(C)(C)N(O)C(C)(C)C1. The number of rotatable bonds is 0. The summed E-state index contributed by atoms with van der Waals surface area (Å²) in [5, 5.41) is 11.1. The van der Waals surface area contributed by atoms with Crippen LogP contribution >= 0.6 is 0 Å². The van der Waals surface area contributed by atoms with Gasteiger partial charge in [-0.1, -0.05) is 0 Å². The molecule has 0 aromatic heterocycles. The zero-order valence-corrected chi connectivity index (χ0v) is 8.55. The Morgan fingerprint density at radius 1 is 1.33 bits per heavy atom. The summed E-state index contributed by atoms with van der Waals surface area (Å²) in [6.07, 6.45) is 0.826. The van der Waals surface area contributed by atoms with Gasteiger partial charge in [-0.05, 0) is 34.6 Å². The van der Waals surface area contributed by atoms with Gasteiger partial charge in [-0.25, -0.2) is 0 Å². The number of nitrogens with zero attached hydrogens (tertiary/aromatic N) is 2. The first-order chi connectivity index (χ1) is 5.26. The molecule has 0 saturated heterocycles. The Morgan fingerprint density at radius 2 is 1.83 bits per heavy atom. The van der Waals surface area contributed by atoms with Crippen molar-refractivity contribution in [2.24, 2.45) is 4.99 Å². The molecule has 0 aromatic carbocycles. The molecular weight excluding hydrogens is 152 g/mol. The molecule has 1 aliphatic heterocycles. The van der Waals surface area contributed by atoms with Crippen molar-refractivity contribution in [3.8, 4) is 0 Å². The summed E-state index contributed by atoms with van der Waals surface area (Å²) in [5.74, 6) is 0. The Balaban J connectivity index is 3.02. The van der Waals surface area contributed by atoms with Crippen LogP contribution in [0.25, 0.3) is 0 Å². The average molecular weight is 170 g/mol. The maximum absolute atomic E-state index is 9.81. The monoisotopic (exact) mass is 170 g/mol. The van der Waals surface area contributed by atoms with Crippen LogP contribution in [0.5, 0.6) is 0 Å². The van der Waals surface area contributed by atoms with Crippen LogP contribution in [0.1, 0.15) is 41.0 Å². The van der Waals surface area contributed by atoms with Gasteiger partial charge in [-0.15, -0.1) is 0 Å². The molecule has 0 aromatic rings. The quantitative estimate of drug-likeness (QED) is 0.604. The van der Waals surface area contributed by atoms with E-state index < -0.39 is 5.66 Å². The van der Waals surface area contributed by atoms with Gasteiger partial charge < -0.3 is 5.21 Å². The van der Waals surface area contributed by atoms with Gasteiger partial charge in [0.2, 0.25) is 0 Å². The highest BCUT2D eigenvalue weighted by Crippen LogP contribution is 2.31.